The third kappa shape index (κ3) is 5.05. The van der Waals surface area contributed by atoms with Gasteiger partial charge in [-0.25, -0.2) is 4.79 Å². The van der Waals surface area contributed by atoms with Crippen LogP contribution in [0.5, 0.6) is 0 Å². The molecule has 1 atom stereocenters. The molecule has 0 aliphatic rings. The van der Waals surface area contributed by atoms with Gasteiger partial charge in [0.1, 0.15) is 11.7 Å². The number of aliphatic carboxylic acids is 1. The molecule has 5 nitrogen and oxygen atoms in total. The zero-order valence-corrected chi connectivity index (χ0v) is 11.4. The van der Waals surface area contributed by atoms with Crippen LogP contribution in [0.25, 0.3) is 0 Å². The molecule has 0 aliphatic carbocycles. The molecular formula is C13H15F3N2O3. The number of carboxylic acid groups (broad SMARTS) is 1. The standard InChI is InChI=1S/C13H15F3N2O3/c1-7(2)5-10(12(20)21)18-11(19)9-4-3-8(6-17-9)13(14,15)16/h3-4,6-7,10H,5H2,1-2H3,(H,18,19)(H,20,21). The van der Waals surface area contributed by atoms with Crippen molar-refractivity contribution >= 4 is 11.9 Å². The van der Waals surface area contributed by atoms with Gasteiger partial charge < -0.3 is 10.4 Å². The predicted octanol–water partition coefficient (Wildman–Crippen LogP) is 2.33. The summed E-state index contributed by atoms with van der Waals surface area (Å²) in [6.45, 7) is 3.58. The molecule has 8 heteroatoms. The highest BCUT2D eigenvalue weighted by Gasteiger charge is 2.31. The lowest BCUT2D eigenvalue weighted by Crippen LogP contribution is -2.41. The van der Waals surface area contributed by atoms with Gasteiger partial charge in [-0.2, -0.15) is 13.2 Å². The molecule has 0 saturated carbocycles. The lowest BCUT2D eigenvalue weighted by molar-refractivity contribution is -0.139. The molecule has 1 rings (SSSR count). The van der Waals surface area contributed by atoms with E-state index in [0.717, 1.165) is 12.1 Å². The Morgan fingerprint density at radius 1 is 1.33 bits per heavy atom. The fourth-order valence-corrected chi connectivity index (χ4v) is 1.62. The summed E-state index contributed by atoms with van der Waals surface area (Å²) in [6, 6.07) is 0.522. The molecule has 0 saturated heterocycles. The van der Waals surface area contributed by atoms with E-state index in [2.05, 4.69) is 10.3 Å². The van der Waals surface area contributed by atoms with E-state index in [4.69, 9.17) is 5.11 Å². The van der Waals surface area contributed by atoms with Crippen molar-refractivity contribution in [2.75, 3.05) is 0 Å². The zero-order chi connectivity index (χ0) is 16.2. The first-order chi connectivity index (χ1) is 9.61. The first-order valence-electron chi connectivity index (χ1n) is 6.18. The average Bonchev–Trinajstić information content (AvgIpc) is 2.36. The lowest BCUT2D eigenvalue weighted by Gasteiger charge is -2.16. The molecule has 1 unspecified atom stereocenters. The van der Waals surface area contributed by atoms with Crippen molar-refractivity contribution in [3.05, 3.63) is 29.6 Å². The summed E-state index contributed by atoms with van der Waals surface area (Å²) in [5.41, 5.74) is -1.24. The number of carboxylic acids is 1. The molecule has 1 amide bonds. The smallest absolute Gasteiger partial charge is 0.417 e. The van der Waals surface area contributed by atoms with Crippen LogP contribution < -0.4 is 5.32 Å². The number of carbonyl (C=O) groups excluding carboxylic acids is 1. The van der Waals surface area contributed by atoms with Crippen LogP contribution in [-0.2, 0) is 11.0 Å². The van der Waals surface area contributed by atoms with E-state index in [9.17, 15) is 22.8 Å². The normalized spacial score (nSPS) is 13.0. The summed E-state index contributed by atoms with van der Waals surface area (Å²) in [5.74, 6) is -1.99. The summed E-state index contributed by atoms with van der Waals surface area (Å²) >= 11 is 0. The summed E-state index contributed by atoms with van der Waals surface area (Å²) < 4.78 is 37.1. The van der Waals surface area contributed by atoms with Crippen LogP contribution in [0.4, 0.5) is 13.2 Å². The van der Waals surface area contributed by atoms with Crippen LogP contribution in [-0.4, -0.2) is 28.0 Å². The van der Waals surface area contributed by atoms with Gasteiger partial charge in [-0.05, 0) is 24.5 Å². The fraction of sp³-hybridized carbons (Fsp3) is 0.462. The Morgan fingerprint density at radius 3 is 2.33 bits per heavy atom. The summed E-state index contributed by atoms with van der Waals surface area (Å²) in [7, 11) is 0. The number of nitrogens with one attached hydrogen (secondary N) is 1. The van der Waals surface area contributed by atoms with Gasteiger partial charge in [0.25, 0.3) is 5.91 Å². The SMILES string of the molecule is CC(C)CC(NC(=O)c1ccc(C(F)(F)F)cn1)C(=O)O. The number of rotatable bonds is 5. The monoisotopic (exact) mass is 304 g/mol. The first-order valence-corrected chi connectivity index (χ1v) is 6.18. The van der Waals surface area contributed by atoms with Gasteiger partial charge in [0.15, 0.2) is 0 Å². The molecule has 116 valence electrons. The van der Waals surface area contributed by atoms with Gasteiger partial charge in [-0.15, -0.1) is 0 Å². The highest BCUT2D eigenvalue weighted by Crippen LogP contribution is 2.28. The van der Waals surface area contributed by atoms with Gasteiger partial charge in [-0.1, -0.05) is 13.8 Å². The van der Waals surface area contributed by atoms with Crippen LogP contribution in [0, 0.1) is 5.92 Å². The van der Waals surface area contributed by atoms with E-state index in [1.165, 1.54) is 0 Å². The number of halogens is 3. The maximum atomic E-state index is 12.4. The molecule has 1 heterocycles. The van der Waals surface area contributed by atoms with Gasteiger partial charge in [-0.3, -0.25) is 9.78 Å². The zero-order valence-electron chi connectivity index (χ0n) is 11.4. The Labute approximate surface area is 119 Å². The number of aromatic nitrogens is 1. The second kappa shape index (κ2) is 6.55. The molecular weight excluding hydrogens is 289 g/mol. The minimum Gasteiger partial charge on any atom is -0.480 e. The molecule has 0 fully saturated rings. The molecule has 21 heavy (non-hydrogen) atoms. The number of carbonyl (C=O) groups is 2. The third-order valence-corrected chi connectivity index (χ3v) is 2.63. The molecule has 1 aromatic rings. The molecule has 0 aliphatic heterocycles. The first kappa shape index (κ1) is 16.9. The van der Waals surface area contributed by atoms with Crippen molar-refractivity contribution in [2.45, 2.75) is 32.5 Å². The summed E-state index contributed by atoms with van der Waals surface area (Å²) in [4.78, 5) is 26.2. The van der Waals surface area contributed by atoms with Crippen LogP contribution in [0.15, 0.2) is 18.3 Å². The van der Waals surface area contributed by atoms with Gasteiger partial charge in [0.2, 0.25) is 0 Å². The molecule has 0 spiro atoms. The number of hydrogen-bond donors (Lipinski definition) is 2. The van der Waals surface area contributed by atoms with Crippen LogP contribution in [0.1, 0.15) is 36.3 Å². The van der Waals surface area contributed by atoms with Crippen LogP contribution in [0.2, 0.25) is 0 Å². The van der Waals surface area contributed by atoms with Crippen molar-refractivity contribution in [3.63, 3.8) is 0 Å². The van der Waals surface area contributed by atoms with Gasteiger partial charge >= 0.3 is 12.1 Å². The maximum Gasteiger partial charge on any atom is 0.417 e. The minimum absolute atomic E-state index is 0.0342. The Morgan fingerprint density at radius 2 is 1.95 bits per heavy atom. The number of hydrogen-bond acceptors (Lipinski definition) is 3. The van der Waals surface area contributed by atoms with Crippen molar-refractivity contribution in [3.8, 4) is 0 Å². The van der Waals surface area contributed by atoms with Crippen LogP contribution in [0.3, 0.4) is 0 Å². The average molecular weight is 304 g/mol. The van der Waals surface area contributed by atoms with E-state index in [1.54, 1.807) is 13.8 Å². The lowest BCUT2D eigenvalue weighted by atomic mass is 10.0. The van der Waals surface area contributed by atoms with Crippen molar-refractivity contribution in [1.29, 1.82) is 0 Å². The fourth-order valence-electron chi connectivity index (χ4n) is 1.62. The minimum atomic E-state index is -4.54. The molecule has 1 aromatic heterocycles. The highest BCUT2D eigenvalue weighted by molar-refractivity contribution is 5.94. The van der Waals surface area contributed by atoms with Crippen molar-refractivity contribution in [1.82, 2.24) is 10.3 Å². The van der Waals surface area contributed by atoms with E-state index >= 15 is 0 Å². The quantitative estimate of drug-likeness (QED) is 0.875. The maximum absolute atomic E-state index is 12.4. The number of pyridine rings is 1. The third-order valence-electron chi connectivity index (χ3n) is 2.63. The summed E-state index contributed by atoms with van der Waals surface area (Å²) in [6.07, 6.45) is -3.79. The molecule has 0 radical (unpaired) electrons. The molecule has 2 N–H and O–H groups in total. The Kier molecular flexibility index (Phi) is 5.28. The highest BCUT2D eigenvalue weighted by atomic mass is 19.4. The predicted molar refractivity (Wildman–Crippen MR) is 67.6 cm³/mol. The topological polar surface area (TPSA) is 79.3 Å². The summed E-state index contributed by atoms with van der Waals surface area (Å²) in [5, 5.41) is 11.2. The number of nitrogens with zero attached hydrogens (tertiary/aromatic N) is 1. The van der Waals surface area contributed by atoms with E-state index in [1.807, 2.05) is 0 Å². The van der Waals surface area contributed by atoms with E-state index in [0.29, 0.717) is 6.20 Å². The van der Waals surface area contributed by atoms with Crippen LogP contribution >= 0.6 is 0 Å². The van der Waals surface area contributed by atoms with Gasteiger partial charge in [0, 0.05) is 6.20 Å². The van der Waals surface area contributed by atoms with Gasteiger partial charge in [0.05, 0.1) is 5.56 Å². The Balaban J connectivity index is 2.81. The Bertz CT molecular complexity index is 512. The second-order valence-corrected chi connectivity index (χ2v) is 4.92. The molecule has 0 bridgehead atoms. The number of alkyl halides is 3. The van der Waals surface area contributed by atoms with Crippen molar-refractivity contribution in [2.24, 2.45) is 5.92 Å². The van der Waals surface area contributed by atoms with E-state index in [-0.39, 0.29) is 18.0 Å². The second-order valence-electron chi connectivity index (χ2n) is 4.92. The van der Waals surface area contributed by atoms with E-state index < -0.39 is 29.7 Å². The van der Waals surface area contributed by atoms with Crippen molar-refractivity contribution < 1.29 is 27.9 Å². The number of amides is 1. The Hall–Kier alpha value is -2.12. The molecule has 0 aromatic carbocycles. The largest absolute Gasteiger partial charge is 0.480 e.